The van der Waals surface area contributed by atoms with Crippen LogP contribution >= 0.6 is 15.9 Å². The van der Waals surface area contributed by atoms with Crippen molar-refractivity contribution in [1.29, 1.82) is 0 Å². The van der Waals surface area contributed by atoms with Gasteiger partial charge in [0.25, 0.3) is 0 Å². The van der Waals surface area contributed by atoms with Gasteiger partial charge < -0.3 is 19.6 Å². The summed E-state index contributed by atoms with van der Waals surface area (Å²) in [6.45, 7) is 0.491. The molecule has 2 aromatic heterocycles. The number of nitrogens with one attached hydrogen (secondary N) is 1. The second-order valence-corrected chi connectivity index (χ2v) is 4.90. The van der Waals surface area contributed by atoms with Crippen LogP contribution in [0.4, 0.5) is 0 Å². The fourth-order valence-electron chi connectivity index (χ4n) is 1.59. The molecule has 0 saturated heterocycles. The Bertz CT molecular complexity index is 639. The van der Waals surface area contributed by atoms with Gasteiger partial charge in [0.15, 0.2) is 25.5 Å². The van der Waals surface area contributed by atoms with Crippen LogP contribution in [0.25, 0.3) is 0 Å². The van der Waals surface area contributed by atoms with Gasteiger partial charge in [-0.05, 0) is 28.1 Å². The SMILES string of the molecule is O=C([O-])c1ccc[n+](CCOC(=O)c2cc(Br)c[nH]2)c1. The van der Waals surface area contributed by atoms with Crippen molar-refractivity contribution < 1.29 is 24.0 Å². The Morgan fingerprint density at radius 2 is 2.25 bits per heavy atom. The van der Waals surface area contributed by atoms with Crippen LogP contribution < -0.4 is 9.67 Å². The van der Waals surface area contributed by atoms with E-state index in [1.165, 1.54) is 12.3 Å². The van der Waals surface area contributed by atoms with E-state index in [9.17, 15) is 14.7 Å². The molecule has 0 aliphatic heterocycles. The Balaban J connectivity index is 1.88. The van der Waals surface area contributed by atoms with Crippen LogP contribution in [0.5, 0.6) is 0 Å². The summed E-state index contributed by atoms with van der Waals surface area (Å²) in [4.78, 5) is 25.1. The van der Waals surface area contributed by atoms with Crippen molar-refractivity contribution in [2.45, 2.75) is 6.54 Å². The van der Waals surface area contributed by atoms with Gasteiger partial charge in [-0.3, -0.25) is 0 Å². The van der Waals surface area contributed by atoms with Crippen LogP contribution in [-0.4, -0.2) is 23.5 Å². The van der Waals surface area contributed by atoms with E-state index in [2.05, 4.69) is 20.9 Å². The standard InChI is InChI=1S/C13H11BrN2O4/c14-10-6-11(15-7-10)13(19)20-5-4-16-3-1-2-9(8-16)12(17)18/h1-3,6-8H,4-5H2,(H-,15,17,18,19). The first-order valence-electron chi connectivity index (χ1n) is 5.78. The number of H-pyrrole nitrogens is 1. The van der Waals surface area contributed by atoms with E-state index in [-0.39, 0.29) is 12.2 Å². The largest absolute Gasteiger partial charge is 0.545 e. The molecule has 0 atom stereocenters. The molecule has 0 spiro atoms. The highest BCUT2D eigenvalue weighted by Crippen LogP contribution is 2.11. The smallest absolute Gasteiger partial charge is 0.355 e. The first-order chi connectivity index (χ1) is 9.56. The molecule has 1 N–H and O–H groups in total. The Hall–Kier alpha value is -2.15. The molecule has 2 aromatic rings. The molecule has 0 fully saturated rings. The van der Waals surface area contributed by atoms with E-state index < -0.39 is 11.9 Å². The quantitative estimate of drug-likeness (QED) is 0.627. The molecular weight excluding hydrogens is 328 g/mol. The van der Waals surface area contributed by atoms with Crippen molar-refractivity contribution in [2.75, 3.05) is 6.61 Å². The summed E-state index contributed by atoms with van der Waals surface area (Å²) in [5.41, 5.74) is 0.428. The van der Waals surface area contributed by atoms with Gasteiger partial charge in [-0.25, -0.2) is 9.36 Å². The van der Waals surface area contributed by atoms with Crippen molar-refractivity contribution >= 4 is 27.9 Å². The molecule has 7 heteroatoms. The van der Waals surface area contributed by atoms with E-state index in [4.69, 9.17) is 4.74 Å². The number of ether oxygens (including phenoxy) is 1. The summed E-state index contributed by atoms with van der Waals surface area (Å²) in [6.07, 6.45) is 4.74. The summed E-state index contributed by atoms with van der Waals surface area (Å²) in [6, 6.07) is 4.65. The molecule has 0 amide bonds. The molecule has 0 saturated carbocycles. The lowest BCUT2D eigenvalue weighted by atomic mass is 10.3. The molecular formula is C13H11BrN2O4. The number of carbonyl (C=O) groups excluding carboxylic acids is 2. The second kappa shape index (κ2) is 6.33. The molecule has 2 rings (SSSR count). The maximum absolute atomic E-state index is 11.6. The topological polar surface area (TPSA) is 86.1 Å². The fourth-order valence-corrected chi connectivity index (χ4v) is 1.93. The molecule has 0 aromatic carbocycles. The van der Waals surface area contributed by atoms with Crippen molar-refractivity contribution in [2.24, 2.45) is 0 Å². The van der Waals surface area contributed by atoms with Crippen LogP contribution in [0.1, 0.15) is 20.8 Å². The fraction of sp³-hybridized carbons (Fsp3) is 0.154. The molecule has 20 heavy (non-hydrogen) atoms. The lowest BCUT2D eigenvalue weighted by Gasteiger charge is -2.03. The first-order valence-corrected chi connectivity index (χ1v) is 6.57. The van der Waals surface area contributed by atoms with Crippen molar-refractivity contribution in [3.8, 4) is 0 Å². The van der Waals surface area contributed by atoms with Gasteiger partial charge in [0, 0.05) is 16.7 Å². The Morgan fingerprint density at radius 1 is 1.45 bits per heavy atom. The van der Waals surface area contributed by atoms with E-state index in [1.807, 2.05) is 0 Å². The Kier molecular flexibility index (Phi) is 4.52. The molecule has 0 aliphatic carbocycles. The monoisotopic (exact) mass is 338 g/mol. The maximum atomic E-state index is 11.6. The highest BCUT2D eigenvalue weighted by Gasteiger charge is 2.10. The van der Waals surface area contributed by atoms with Gasteiger partial charge >= 0.3 is 5.97 Å². The molecule has 0 radical (unpaired) electrons. The minimum atomic E-state index is -1.24. The second-order valence-electron chi connectivity index (χ2n) is 3.99. The summed E-state index contributed by atoms with van der Waals surface area (Å²) < 4.78 is 7.45. The summed E-state index contributed by atoms with van der Waals surface area (Å²) in [5.74, 6) is -1.71. The zero-order chi connectivity index (χ0) is 14.5. The summed E-state index contributed by atoms with van der Waals surface area (Å²) in [7, 11) is 0. The van der Waals surface area contributed by atoms with E-state index in [1.54, 1.807) is 29.1 Å². The van der Waals surface area contributed by atoms with Crippen molar-refractivity contribution in [3.63, 3.8) is 0 Å². The molecule has 0 aliphatic rings. The molecule has 104 valence electrons. The normalized spacial score (nSPS) is 10.2. The van der Waals surface area contributed by atoms with Gasteiger partial charge in [-0.1, -0.05) is 0 Å². The van der Waals surface area contributed by atoms with Gasteiger partial charge in [0.2, 0.25) is 0 Å². The number of aromatic nitrogens is 2. The Labute approximate surface area is 123 Å². The van der Waals surface area contributed by atoms with Gasteiger partial charge in [-0.2, -0.15) is 0 Å². The van der Waals surface area contributed by atoms with E-state index in [0.29, 0.717) is 12.2 Å². The average Bonchev–Trinajstić information content (AvgIpc) is 2.86. The number of halogens is 1. The van der Waals surface area contributed by atoms with Gasteiger partial charge in [0.1, 0.15) is 5.69 Å². The van der Waals surface area contributed by atoms with Crippen LogP contribution in [0.15, 0.2) is 41.3 Å². The highest BCUT2D eigenvalue weighted by molar-refractivity contribution is 9.10. The van der Waals surface area contributed by atoms with E-state index >= 15 is 0 Å². The molecule has 2 heterocycles. The van der Waals surface area contributed by atoms with Crippen molar-refractivity contribution in [1.82, 2.24) is 4.98 Å². The van der Waals surface area contributed by atoms with Gasteiger partial charge in [-0.15, -0.1) is 0 Å². The number of aromatic amines is 1. The first kappa shape index (κ1) is 14.3. The number of hydrogen-bond acceptors (Lipinski definition) is 4. The molecule has 0 bridgehead atoms. The number of nitrogens with zero attached hydrogens (tertiary/aromatic N) is 1. The van der Waals surface area contributed by atoms with Crippen molar-refractivity contribution in [3.05, 3.63) is 52.5 Å². The minimum absolute atomic E-state index is 0.0760. The number of aromatic carboxylic acids is 1. The van der Waals surface area contributed by atoms with Gasteiger partial charge in [0.05, 0.1) is 11.5 Å². The molecule has 0 unspecified atom stereocenters. The third-order valence-electron chi connectivity index (χ3n) is 2.54. The molecule has 6 nitrogen and oxygen atoms in total. The number of carboxylic acids is 1. The summed E-state index contributed by atoms with van der Waals surface area (Å²) in [5, 5.41) is 10.7. The van der Waals surface area contributed by atoms with Crippen LogP contribution in [0.3, 0.4) is 0 Å². The highest BCUT2D eigenvalue weighted by atomic mass is 79.9. The number of hydrogen-bond donors (Lipinski definition) is 1. The average molecular weight is 339 g/mol. The number of pyridine rings is 1. The number of rotatable bonds is 5. The maximum Gasteiger partial charge on any atom is 0.355 e. The third-order valence-corrected chi connectivity index (χ3v) is 3.00. The number of esters is 1. The van der Waals surface area contributed by atoms with Crippen LogP contribution in [0.2, 0.25) is 0 Å². The number of carbonyl (C=O) groups is 2. The van der Waals surface area contributed by atoms with E-state index in [0.717, 1.165) is 4.47 Å². The Morgan fingerprint density at radius 3 is 2.90 bits per heavy atom. The lowest BCUT2D eigenvalue weighted by Crippen LogP contribution is -2.38. The van der Waals surface area contributed by atoms with Crippen LogP contribution in [-0.2, 0) is 11.3 Å². The minimum Gasteiger partial charge on any atom is -0.545 e. The number of carboxylic acid groups (broad SMARTS) is 1. The third kappa shape index (κ3) is 3.67. The summed E-state index contributed by atoms with van der Waals surface area (Å²) >= 11 is 3.22. The predicted octanol–water partition coefficient (Wildman–Crippen LogP) is 0.285. The lowest BCUT2D eigenvalue weighted by molar-refractivity contribution is -0.698. The van der Waals surface area contributed by atoms with Crippen LogP contribution in [0, 0.1) is 0 Å². The predicted molar refractivity (Wildman–Crippen MR) is 69.7 cm³/mol. The zero-order valence-corrected chi connectivity index (χ0v) is 11.9. The zero-order valence-electron chi connectivity index (χ0n) is 10.3.